The first-order valence-corrected chi connectivity index (χ1v) is 17.8. The number of rotatable bonds is 3. The third-order valence-electron chi connectivity index (χ3n) is 8.91. The van der Waals surface area contributed by atoms with Gasteiger partial charge in [-0.05, 0) is 58.1 Å². The van der Waals surface area contributed by atoms with E-state index in [-0.39, 0.29) is 30.9 Å². The van der Waals surface area contributed by atoms with Gasteiger partial charge < -0.3 is 14.4 Å². The number of benzene rings is 4. The molecule has 0 unspecified atom stereocenters. The number of aryl methyl sites for hydroxylation is 2. The molecule has 4 nitrogen and oxygen atoms in total. The molecule has 0 fully saturated rings. The van der Waals surface area contributed by atoms with Crippen LogP contribution in [0, 0.1) is 26.0 Å². The molecule has 0 bridgehead atoms. The molecule has 4 aromatic carbocycles. The standard InChI is InChI=1S/C26H25N2OS.C19H16N.Ir/c1-25(2,3)15-12-13-27-19(14-15)18-9-7-8-16-17-10-11-20-21(23(17)29-22(16)18)28-24(30-20)26(4,5)6;1-14-8-10-17(11-9-14)19-12-18(15(2)13-20-19)16-6-4-3-5-7-16;/h7-8,10-14H,1-6H3;3-10,12-13H,1-2H3;/q2*-1;. The monoisotopic (exact) mass is 864 g/mol. The molecule has 0 N–H and O–H groups in total. The third kappa shape index (κ3) is 7.46. The summed E-state index contributed by atoms with van der Waals surface area (Å²) >= 11 is 1.74. The van der Waals surface area contributed by atoms with Gasteiger partial charge in [-0.25, -0.2) is 4.98 Å². The zero-order valence-corrected chi connectivity index (χ0v) is 33.5. The molecule has 0 aliphatic carbocycles. The van der Waals surface area contributed by atoms with Crippen LogP contribution >= 0.6 is 11.3 Å². The molecule has 0 atom stereocenters. The molecule has 8 rings (SSSR count). The second kappa shape index (κ2) is 14.3. The topological polar surface area (TPSA) is 51.8 Å². The molecule has 0 saturated carbocycles. The smallest absolute Gasteiger partial charge is 0.148 e. The predicted octanol–water partition coefficient (Wildman–Crippen LogP) is 12.5. The van der Waals surface area contributed by atoms with E-state index in [2.05, 4.69) is 150 Å². The fourth-order valence-electron chi connectivity index (χ4n) is 6.00. The molecule has 0 amide bonds. The van der Waals surface area contributed by atoms with Crippen LogP contribution in [0.25, 0.3) is 65.8 Å². The fraction of sp³-hybridized carbons (Fsp3) is 0.222. The molecule has 0 spiro atoms. The number of furan rings is 1. The van der Waals surface area contributed by atoms with E-state index in [0.717, 1.165) is 59.7 Å². The molecule has 6 heteroatoms. The summed E-state index contributed by atoms with van der Waals surface area (Å²) in [6, 6.07) is 38.0. The number of thiazole rings is 1. The maximum absolute atomic E-state index is 6.48. The molecule has 0 aliphatic rings. The van der Waals surface area contributed by atoms with Crippen molar-refractivity contribution in [2.75, 3.05) is 0 Å². The van der Waals surface area contributed by atoms with Gasteiger partial charge in [0.15, 0.2) is 0 Å². The fourth-order valence-corrected chi connectivity index (χ4v) is 7.02. The molecule has 0 saturated heterocycles. The summed E-state index contributed by atoms with van der Waals surface area (Å²) in [6.45, 7) is 17.4. The van der Waals surface area contributed by atoms with E-state index in [0.29, 0.717) is 0 Å². The van der Waals surface area contributed by atoms with Crippen molar-refractivity contribution in [1.82, 2.24) is 15.0 Å². The average Bonchev–Trinajstić information content (AvgIpc) is 3.72. The summed E-state index contributed by atoms with van der Waals surface area (Å²) in [4.78, 5) is 14.1. The maximum atomic E-state index is 6.48. The zero-order valence-electron chi connectivity index (χ0n) is 30.3. The summed E-state index contributed by atoms with van der Waals surface area (Å²) in [5.41, 5.74) is 12.6. The van der Waals surface area contributed by atoms with Crippen LogP contribution in [0.3, 0.4) is 0 Å². The summed E-state index contributed by atoms with van der Waals surface area (Å²) < 4.78 is 7.63. The minimum absolute atomic E-state index is 0. The quantitative estimate of drug-likeness (QED) is 0.166. The Hall–Kier alpha value is -4.48. The summed E-state index contributed by atoms with van der Waals surface area (Å²) in [6.07, 6.45) is 3.81. The number of hydrogen-bond acceptors (Lipinski definition) is 5. The van der Waals surface area contributed by atoms with Gasteiger partial charge in [0.2, 0.25) is 0 Å². The predicted molar refractivity (Wildman–Crippen MR) is 210 cm³/mol. The molecular formula is C45H41IrN3OS-2. The number of pyridine rings is 2. The first-order valence-electron chi connectivity index (χ1n) is 17.0. The molecule has 1 radical (unpaired) electrons. The van der Waals surface area contributed by atoms with E-state index < -0.39 is 0 Å². The van der Waals surface area contributed by atoms with Crippen LogP contribution in [0.1, 0.15) is 63.2 Å². The van der Waals surface area contributed by atoms with Crippen molar-refractivity contribution >= 4 is 43.5 Å². The van der Waals surface area contributed by atoms with Crippen molar-refractivity contribution in [2.24, 2.45) is 0 Å². The van der Waals surface area contributed by atoms with Gasteiger partial charge in [-0.1, -0.05) is 108 Å². The van der Waals surface area contributed by atoms with Crippen LogP contribution in [-0.2, 0) is 30.9 Å². The molecular weight excluding hydrogens is 823 g/mol. The molecule has 0 aliphatic heterocycles. The molecule has 259 valence electrons. The van der Waals surface area contributed by atoms with Crippen molar-refractivity contribution in [2.45, 2.75) is 66.2 Å². The van der Waals surface area contributed by atoms with Gasteiger partial charge in [-0.2, -0.15) is 0 Å². The number of hydrogen-bond donors (Lipinski definition) is 0. The van der Waals surface area contributed by atoms with E-state index in [1.807, 2.05) is 30.6 Å². The Morgan fingerprint density at radius 2 is 1.49 bits per heavy atom. The van der Waals surface area contributed by atoms with Gasteiger partial charge in [0.05, 0.1) is 15.3 Å². The summed E-state index contributed by atoms with van der Waals surface area (Å²) in [5.74, 6) is 0. The van der Waals surface area contributed by atoms with Gasteiger partial charge in [0.1, 0.15) is 11.1 Å². The minimum atomic E-state index is 0. The van der Waals surface area contributed by atoms with Crippen molar-refractivity contribution in [3.05, 3.63) is 137 Å². The number of fused-ring (bicyclic) bond motifs is 5. The maximum Gasteiger partial charge on any atom is 0.148 e. The van der Waals surface area contributed by atoms with E-state index in [1.165, 1.54) is 27.8 Å². The Morgan fingerprint density at radius 3 is 2.20 bits per heavy atom. The van der Waals surface area contributed by atoms with Gasteiger partial charge in [-0.15, -0.1) is 64.9 Å². The molecule has 4 aromatic heterocycles. The third-order valence-corrected chi connectivity index (χ3v) is 10.4. The summed E-state index contributed by atoms with van der Waals surface area (Å²) in [7, 11) is 0. The van der Waals surface area contributed by atoms with Crippen LogP contribution in [0.2, 0.25) is 0 Å². The zero-order chi connectivity index (χ0) is 35.2. The van der Waals surface area contributed by atoms with E-state index in [9.17, 15) is 0 Å². The van der Waals surface area contributed by atoms with E-state index in [4.69, 9.17) is 9.40 Å². The second-order valence-electron chi connectivity index (χ2n) is 15.0. The Balaban J connectivity index is 0.000000186. The van der Waals surface area contributed by atoms with Crippen molar-refractivity contribution in [3.8, 4) is 33.6 Å². The molecule has 51 heavy (non-hydrogen) atoms. The van der Waals surface area contributed by atoms with E-state index >= 15 is 0 Å². The normalized spacial score (nSPS) is 11.8. The van der Waals surface area contributed by atoms with Crippen LogP contribution < -0.4 is 0 Å². The number of nitrogens with zero attached hydrogens (tertiary/aromatic N) is 3. The van der Waals surface area contributed by atoms with Gasteiger partial charge in [-0.3, -0.25) is 0 Å². The Bertz CT molecular complexity index is 2470. The first kappa shape index (κ1) is 36.3. The Labute approximate surface area is 318 Å². The largest absolute Gasteiger partial charge is 0.498 e. The van der Waals surface area contributed by atoms with Crippen LogP contribution in [-0.4, -0.2) is 15.0 Å². The minimum Gasteiger partial charge on any atom is -0.498 e. The second-order valence-corrected chi connectivity index (χ2v) is 16.0. The average molecular weight is 864 g/mol. The molecule has 8 aromatic rings. The first-order chi connectivity index (χ1) is 23.9. The van der Waals surface area contributed by atoms with Crippen LogP contribution in [0.5, 0.6) is 0 Å². The van der Waals surface area contributed by atoms with Crippen molar-refractivity contribution in [3.63, 3.8) is 0 Å². The Kier molecular flexibility index (Phi) is 10.2. The molecule has 4 heterocycles. The van der Waals surface area contributed by atoms with E-state index in [1.54, 1.807) is 11.3 Å². The van der Waals surface area contributed by atoms with Crippen LogP contribution in [0.15, 0.2) is 108 Å². The van der Waals surface area contributed by atoms with Gasteiger partial charge in [0, 0.05) is 43.3 Å². The Morgan fingerprint density at radius 1 is 0.725 bits per heavy atom. The van der Waals surface area contributed by atoms with Crippen molar-refractivity contribution < 1.29 is 24.5 Å². The van der Waals surface area contributed by atoms with Crippen molar-refractivity contribution in [1.29, 1.82) is 0 Å². The van der Waals surface area contributed by atoms with Gasteiger partial charge >= 0.3 is 0 Å². The summed E-state index contributed by atoms with van der Waals surface area (Å²) in [5, 5.41) is 3.29. The van der Waals surface area contributed by atoms with Crippen LogP contribution in [0.4, 0.5) is 0 Å². The number of aromatic nitrogens is 3. The van der Waals surface area contributed by atoms with Gasteiger partial charge in [0.25, 0.3) is 0 Å². The SMILES string of the molecule is CC(C)(C)c1ccnc(-c2[c-]ccc3c2oc2c3ccc3sc(C(C)(C)C)nc32)c1.Cc1c[c-]c(-c2cc(-c3ccccc3)c(C)cn2)cc1.[Ir].